The van der Waals surface area contributed by atoms with E-state index in [0.29, 0.717) is 17.0 Å². The second kappa shape index (κ2) is 5.34. The molecular formula is C13H20ClFN2. The SMILES string of the molecule is CN(C)C(C)(C)C(N)Cc1ccc(Cl)cc1F. The van der Waals surface area contributed by atoms with Gasteiger partial charge < -0.3 is 10.6 Å². The molecule has 0 aliphatic rings. The van der Waals surface area contributed by atoms with Crippen LogP contribution in [0.3, 0.4) is 0 Å². The average Bonchev–Trinajstić information content (AvgIpc) is 2.21. The minimum Gasteiger partial charge on any atom is -0.326 e. The maximum atomic E-state index is 13.6. The lowest BCUT2D eigenvalue weighted by Gasteiger charge is -2.38. The van der Waals surface area contributed by atoms with Crippen molar-refractivity contribution in [1.29, 1.82) is 0 Å². The van der Waals surface area contributed by atoms with E-state index in [1.54, 1.807) is 12.1 Å². The summed E-state index contributed by atoms with van der Waals surface area (Å²) in [6.07, 6.45) is 0.494. The topological polar surface area (TPSA) is 29.3 Å². The predicted molar refractivity (Wildman–Crippen MR) is 70.9 cm³/mol. The minimum atomic E-state index is -0.289. The molecule has 0 fully saturated rings. The zero-order valence-corrected chi connectivity index (χ0v) is 11.6. The minimum absolute atomic E-state index is 0.145. The van der Waals surface area contributed by atoms with Gasteiger partial charge in [0.25, 0.3) is 0 Å². The van der Waals surface area contributed by atoms with Crippen LogP contribution in [0.2, 0.25) is 5.02 Å². The van der Waals surface area contributed by atoms with Gasteiger partial charge in [-0.2, -0.15) is 0 Å². The number of halogens is 2. The summed E-state index contributed by atoms with van der Waals surface area (Å²) in [4.78, 5) is 2.05. The summed E-state index contributed by atoms with van der Waals surface area (Å²) in [5, 5.41) is 0.409. The summed E-state index contributed by atoms with van der Waals surface area (Å²) in [7, 11) is 3.94. The van der Waals surface area contributed by atoms with Crippen molar-refractivity contribution in [2.75, 3.05) is 14.1 Å². The maximum absolute atomic E-state index is 13.6. The Labute approximate surface area is 108 Å². The first-order chi connectivity index (χ1) is 7.75. The zero-order valence-electron chi connectivity index (χ0n) is 10.8. The molecule has 1 aromatic carbocycles. The molecule has 0 saturated carbocycles. The van der Waals surface area contributed by atoms with Crippen molar-refractivity contribution in [1.82, 2.24) is 4.90 Å². The lowest BCUT2D eigenvalue weighted by Crippen LogP contribution is -2.54. The van der Waals surface area contributed by atoms with Crippen molar-refractivity contribution >= 4 is 11.6 Å². The van der Waals surface area contributed by atoms with Gasteiger partial charge in [0.05, 0.1) is 0 Å². The van der Waals surface area contributed by atoms with E-state index < -0.39 is 0 Å². The molecule has 1 unspecified atom stereocenters. The van der Waals surface area contributed by atoms with E-state index in [2.05, 4.69) is 0 Å². The van der Waals surface area contributed by atoms with Gasteiger partial charge in [0.15, 0.2) is 0 Å². The molecule has 0 heterocycles. The summed E-state index contributed by atoms with van der Waals surface area (Å²) in [6.45, 7) is 4.09. The third-order valence-corrected chi connectivity index (χ3v) is 3.75. The van der Waals surface area contributed by atoms with Crippen molar-refractivity contribution < 1.29 is 4.39 Å². The van der Waals surface area contributed by atoms with Crippen molar-refractivity contribution in [2.24, 2.45) is 5.73 Å². The van der Waals surface area contributed by atoms with Gasteiger partial charge in [0, 0.05) is 16.6 Å². The van der Waals surface area contributed by atoms with Crippen molar-refractivity contribution in [3.63, 3.8) is 0 Å². The largest absolute Gasteiger partial charge is 0.326 e. The van der Waals surface area contributed by atoms with Crippen molar-refractivity contribution in [3.8, 4) is 0 Å². The standard InChI is InChI=1S/C13H20ClFN2/c1-13(2,17(3)4)12(16)7-9-5-6-10(14)8-11(9)15/h5-6,8,12H,7,16H2,1-4H3. The number of hydrogen-bond donors (Lipinski definition) is 1. The summed E-state index contributed by atoms with van der Waals surface area (Å²) in [6, 6.07) is 4.57. The van der Waals surface area contributed by atoms with Gasteiger partial charge in [-0.25, -0.2) is 4.39 Å². The fourth-order valence-corrected chi connectivity index (χ4v) is 1.66. The van der Waals surface area contributed by atoms with E-state index in [-0.39, 0.29) is 17.4 Å². The van der Waals surface area contributed by atoms with E-state index in [1.165, 1.54) is 6.07 Å². The zero-order chi connectivity index (χ0) is 13.2. The highest BCUT2D eigenvalue weighted by Crippen LogP contribution is 2.21. The van der Waals surface area contributed by atoms with Crippen LogP contribution in [0.5, 0.6) is 0 Å². The van der Waals surface area contributed by atoms with E-state index in [9.17, 15) is 4.39 Å². The average molecular weight is 259 g/mol. The molecule has 1 aromatic rings. The maximum Gasteiger partial charge on any atom is 0.127 e. The first-order valence-electron chi connectivity index (χ1n) is 5.62. The molecule has 0 aromatic heterocycles. The van der Waals surface area contributed by atoms with Gasteiger partial charge in [-0.1, -0.05) is 17.7 Å². The van der Waals surface area contributed by atoms with Crippen LogP contribution in [0.25, 0.3) is 0 Å². The second-order valence-electron chi connectivity index (χ2n) is 5.09. The molecule has 0 saturated heterocycles. The van der Waals surface area contributed by atoms with Gasteiger partial charge in [-0.05, 0) is 52.1 Å². The number of rotatable bonds is 4. The molecule has 0 spiro atoms. The molecule has 96 valence electrons. The fraction of sp³-hybridized carbons (Fsp3) is 0.538. The highest BCUT2D eigenvalue weighted by molar-refractivity contribution is 6.30. The van der Waals surface area contributed by atoms with Gasteiger partial charge >= 0.3 is 0 Å². The monoisotopic (exact) mass is 258 g/mol. The molecule has 0 amide bonds. The Morgan fingerprint density at radius 2 is 2.00 bits per heavy atom. The van der Waals surface area contributed by atoms with Gasteiger partial charge in [0.2, 0.25) is 0 Å². The normalized spacial score (nSPS) is 14.1. The van der Waals surface area contributed by atoms with Crippen LogP contribution >= 0.6 is 11.6 Å². The molecule has 1 rings (SSSR count). The quantitative estimate of drug-likeness (QED) is 0.900. The summed E-state index contributed by atoms with van der Waals surface area (Å²) in [5.74, 6) is -0.289. The lowest BCUT2D eigenvalue weighted by molar-refractivity contribution is 0.157. The van der Waals surface area contributed by atoms with Crippen LogP contribution in [0.4, 0.5) is 4.39 Å². The molecule has 0 radical (unpaired) electrons. The molecule has 1 atom stereocenters. The Hall–Kier alpha value is -0.640. The molecule has 2 nitrogen and oxygen atoms in total. The molecule has 2 N–H and O–H groups in total. The Bertz CT molecular complexity index is 391. The second-order valence-corrected chi connectivity index (χ2v) is 5.53. The number of likely N-dealkylation sites (N-methyl/N-ethyl adjacent to an activating group) is 1. The van der Waals surface area contributed by atoms with Gasteiger partial charge in [-0.3, -0.25) is 0 Å². The van der Waals surface area contributed by atoms with Crippen molar-refractivity contribution in [3.05, 3.63) is 34.6 Å². The van der Waals surface area contributed by atoms with Gasteiger partial charge in [0.1, 0.15) is 5.82 Å². The van der Waals surface area contributed by atoms with Crippen LogP contribution in [0.15, 0.2) is 18.2 Å². The van der Waals surface area contributed by atoms with E-state index in [1.807, 2.05) is 32.8 Å². The summed E-state index contributed by atoms with van der Waals surface area (Å²) >= 11 is 5.71. The third kappa shape index (κ3) is 3.41. The first kappa shape index (κ1) is 14.4. The van der Waals surface area contributed by atoms with E-state index >= 15 is 0 Å². The van der Waals surface area contributed by atoms with Crippen LogP contribution in [-0.4, -0.2) is 30.6 Å². The smallest absolute Gasteiger partial charge is 0.127 e. The van der Waals surface area contributed by atoms with Gasteiger partial charge in [-0.15, -0.1) is 0 Å². The van der Waals surface area contributed by atoms with Crippen molar-refractivity contribution in [2.45, 2.75) is 31.8 Å². The first-order valence-corrected chi connectivity index (χ1v) is 6.00. The molecule has 0 bridgehead atoms. The Kier molecular flexibility index (Phi) is 4.53. The number of nitrogens with two attached hydrogens (primary N) is 1. The number of nitrogens with zero attached hydrogens (tertiary/aromatic N) is 1. The molecule has 17 heavy (non-hydrogen) atoms. The Morgan fingerprint density at radius 1 is 1.41 bits per heavy atom. The number of benzene rings is 1. The van der Waals surface area contributed by atoms with E-state index in [0.717, 1.165) is 0 Å². The highest BCUT2D eigenvalue weighted by atomic mass is 35.5. The highest BCUT2D eigenvalue weighted by Gasteiger charge is 2.29. The van der Waals surface area contributed by atoms with Crippen LogP contribution < -0.4 is 5.73 Å². The Morgan fingerprint density at radius 3 is 2.47 bits per heavy atom. The van der Waals surface area contributed by atoms with Crippen LogP contribution in [-0.2, 0) is 6.42 Å². The molecular weight excluding hydrogens is 239 g/mol. The summed E-state index contributed by atoms with van der Waals surface area (Å²) in [5.41, 5.74) is 6.57. The molecule has 0 aliphatic heterocycles. The lowest BCUT2D eigenvalue weighted by atomic mass is 9.89. The van der Waals surface area contributed by atoms with Crippen LogP contribution in [0, 0.1) is 5.82 Å². The molecule has 0 aliphatic carbocycles. The predicted octanol–water partition coefficient (Wildman–Crippen LogP) is 2.69. The third-order valence-electron chi connectivity index (χ3n) is 3.51. The number of hydrogen-bond acceptors (Lipinski definition) is 2. The molecule has 4 heteroatoms. The van der Waals surface area contributed by atoms with E-state index in [4.69, 9.17) is 17.3 Å². The Balaban J connectivity index is 2.84. The fourth-order valence-electron chi connectivity index (χ4n) is 1.51. The van der Waals surface area contributed by atoms with Crippen LogP contribution in [0.1, 0.15) is 19.4 Å². The summed E-state index contributed by atoms with van der Waals surface area (Å²) < 4.78 is 13.6.